The van der Waals surface area contributed by atoms with Crippen molar-refractivity contribution in [2.75, 3.05) is 30.3 Å². The van der Waals surface area contributed by atoms with E-state index in [1.165, 1.54) is 0 Å². The molecule has 1 fully saturated rings. The van der Waals surface area contributed by atoms with Gasteiger partial charge in [0.1, 0.15) is 5.54 Å². The third kappa shape index (κ3) is 4.90. The van der Waals surface area contributed by atoms with Crippen LogP contribution in [0.5, 0.6) is 0 Å². The van der Waals surface area contributed by atoms with Gasteiger partial charge in [-0.1, -0.05) is 6.08 Å². The predicted molar refractivity (Wildman–Crippen MR) is 112 cm³/mol. The molecule has 1 aromatic heterocycles. The Balaban J connectivity index is 0.00000280. The summed E-state index contributed by atoms with van der Waals surface area (Å²) >= 11 is 0. The molecule has 0 saturated carbocycles. The third-order valence-corrected chi connectivity index (χ3v) is 4.60. The SMILES string of the molecule is C=CCNC(=O)Nc1ccc(NC(=O)C2(n3cccn3)CCNCC2)cc1.Cl. The fraction of sp³-hybridized carbons (Fsp3) is 0.316. The quantitative estimate of drug-likeness (QED) is 0.555. The van der Waals surface area contributed by atoms with Crippen molar-refractivity contribution in [3.8, 4) is 0 Å². The van der Waals surface area contributed by atoms with Crippen LogP contribution in [0.1, 0.15) is 12.8 Å². The molecular weight excluding hydrogens is 380 g/mol. The number of urea groups is 1. The first-order valence-electron chi connectivity index (χ1n) is 8.92. The number of carbonyl (C=O) groups excluding carboxylic acids is 2. The summed E-state index contributed by atoms with van der Waals surface area (Å²) in [7, 11) is 0. The lowest BCUT2D eigenvalue weighted by molar-refractivity contribution is -0.126. The van der Waals surface area contributed by atoms with Crippen molar-refractivity contribution in [1.82, 2.24) is 20.4 Å². The lowest BCUT2D eigenvalue weighted by Gasteiger charge is -2.36. The summed E-state index contributed by atoms with van der Waals surface area (Å²) in [5, 5.41) is 15.9. The Morgan fingerprint density at radius 2 is 1.82 bits per heavy atom. The highest BCUT2D eigenvalue weighted by Gasteiger charge is 2.42. The van der Waals surface area contributed by atoms with Gasteiger partial charge in [0, 0.05) is 30.3 Å². The van der Waals surface area contributed by atoms with Gasteiger partial charge in [0.2, 0.25) is 0 Å². The van der Waals surface area contributed by atoms with E-state index in [0.717, 1.165) is 13.1 Å². The molecule has 3 amide bonds. The molecule has 28 heavy (non-hydrogen) atoms. The first-order chi connectivity index (χ1) is 13.1. The van der Waals surface area contributed by atoms with Crippen molar-refractivity contribution >= 4 is 35.7 Å². The number of hydrogen-bond donors (Lipinski definition) is 4. The lowest BCUT2D eigenvalue weighted by atomic mass is 9.87. The molecule has 1 aliphatic rings. The molecule has 0 atom stereocenters. The van der Waals surface area contributed by atoms with Crippen LogP contribution in [0.25, 0.3) is 0 Å². The zero-order valence-electron chi connectivity index (χ0n) is 15.5. The van der Waals surface area contributed by atoms with E-state index in [4.69, 9.17) is 0 Å². The second-order valence-corrected chi connectivity index (χ2v) is 6.39. The number of hydrogen-bond acceptors (Lipinski definition) is 4. The Bertz CT molecular complexity index is 785. The minimum atomic E-state index is -0.698. The van der Waals surface area contributed by atoms with Gasteiger partial charge in [0.05, 0.1) is 0 Å². The van der Waals surface area contributed by atoms with Crippen molar-refractivity contribution < 1.29 is 9.59 Å². The smallest absolute Gasteiger partial charge is 0.319 e. The highest BCUT2D eigenvalue weighted by Crippen LogP contribution is 2.29. The molecule has 2 aromatic rings. The summed E-state index contributed by atoms with van der Waals surface area (Å²) in [5.74, 6) is -0.0860. The third-order valence-electron chi connectivity index (χ3n) is 4.60. The van der Waals surface area contributed by atoms with E-state index in [9.17, 15) is 9.59 Å². The van der Waals surface area contributed by atoms with Gasteiger partial charge in [0.25, 0.3) is 5.91 Å². The summed E-state index contributed by atoms with van der Waals surface area (Å²) in [6, 6.07) is 8.53. The van der Waals surface area contributed by atoms with Gasteiger partial charge in [-0.15, -0.1) is 19.0 Å². The largest absolute Gasteiger partial charge is 0.334 e. The van der Waals surface area contributed by atoms with Crippen LogP contribution < -0.4 is 21.3 Å². The van der Waals surface area contributed by atoms with Gasteiger partial charge >= 0.3 is 6.03 Å². The van der Waals surface area contributed by atoms with Crippen molar-refractivity contribution in [1.29, 1.82) is 0 Å². The maximum Gasteiger partial charge on any atom is 0.319 e. The summed E-state index contributed by atoms with van der Waals surface area (Å²) in [6.45, 7) is 5.46. The molecular formula is C19H25ClN6O2. The highest BCUT2D eigenvalue weighted by molar-refractivity contribution is 5.97. The standard InChI is InChI=1S/C19H24N6O2.ClH/c1-2-10-21-18(27)24-16-6-4-15(5-7-16)23-17(26)19(8-12-20-13-9-19)25-14-3-11-22-25;/h2-7,11,14,20H,1,8-10,12-13H2,(H,23,26)(H2,21,24,27);1H. The Morgan fingerprint density at radius 1 is 1.18 bits per heavy atom. The first kappa shape index (κ1) is 21.5. The maximum atomic E-state index is 13.1. The second kappa shape index (κ2) is 9.91. The number of nitrogens with one attached hydrogen (secondary N) is 4. The fourth-order valence-electron chi connectivity index (χ4n) is 3.15. The van der Waals surface area contributed by atoms with Crippen molar-refractivity contribution in [2.45, 2.75) is 18.4 Å². The molecule has 9 heteroatoms. The second-order valence-electron chi connectivity index (χ2n) is 6.39. The summed E-state index contributed by atoms with van der Waals surface area (Å²) in [5.41, 5.74) is 0.608. The molecule has 150 valence electrons. The summed E-state index contributed by atoms with van der Waals surface area (Å²) < 4.78 is 1.75. The van der Waals surface area contributed by atoms with E-state index in [2.05, 4.69) is 32.9 Å². The molecule has 2 heterocycles. The van der Waals surface area contributed by atoms with Gasteiger partial charge in [-0.05, 0) is 56.3 Å². The average Bonchev–Trinajstić information content (AvgIpc) is 3.24. The van der Waals surface area contributed by atoms with E-state index < -0.39 is 5.54 Å². The van der Waals surface area contributed by atoms with Crippen molar-refractivity contribution in [2.24, 2.45) is 0 Å². The topological polar surface area (TPSA) is 100 Å². The van der Waals surface area contributed by atoms with E-state index in [1.54, 1.807) is 41.2 Å². The van der Waals surface area contributed by atoms with Crippen LogP contribution in [0.3, 0.4) is 0 Å². The number of rotatable bonds is 6. The number of aromatic nitrogens is 2. The van der Waals surface area contributed by atoms with Gasteiger partial charge < -0.3 is 21.3 Å². The normalized spacial score (nSPS) is 15.0. The molecule has 1 aromatic carbocycles. The Morgan fingerprint density at radius 3 is 2.39 bits per heavy atom. The molecule has 0 bridgehead atoms. The number of anilines is 2. The summed E-state index contributed by atoms with van der Waals surface area (Å²) in [6.07, 6.45) is 6.47. The van der Waals surface area contributed by atoms with E-state index in [-0.39, 0.29) is 24.3 Å². The molecule has 4 N–H and O–H groups in total. The molecule has 3 rings (SSSR count). The van der Waals surface area contributed by atoms with Crippen LogP contribution in [0, 0.1) is 0 Å². The maximum absolute atomic E-state index is 13.1. The van der Waals surface area contributed by atoms with E-state index >= 15 is 0 Å². The number of nitrogens with zero attached hydrogens (tertiary/aromatic N) is 2. The highest BCUT2D eigenvalue weighted by atomic mass is 35.5. The number of piperidine rings is 1. The molecule has 1 saturated heterocycles. The molecule has 0 radical (unpaired) electrons. The summed E-state index contributed by atoms with van der Waals surface area (Å²) in [4.78, 5) is 24.7. The Kier molecular flexibility index (Phi) is 7.60. The monoisotopic (exact) mass is 404 g/mol. The average molecular weight is 405 g/mol. The van der Waals surface area contributed by atoms with Gasteiger partial charge in [-0.2, -0.15) is 5.10 Å². The Hall–Kier alpha value is -2.84. The van der Waals surface area contributed by atoms with Gasteiger partial charge in [-0.3, -0.25) is 9.48 Å². The molecule has 0 unspecified atom stereocenters. The number of amides is 3. The minimum absolute atomic E-state index is 0. The minimum Gasteiger partial charge on any atom is -0.334 e. The lowest BCUT2D eigenvalue weighted by Crippen LogP contribution is -2.52. The van der Waals surface area contributed by atoms with Crippen LogP contribution in [0.15, 0.2) is 55.4 Å². The number of carbonyl (C=O) groups is 2. The predicted octanol–water partition coefficient (Wildman–Crippen LogP) is 2.33. The van der Waals surface area contributed by atoms with Gasteiger partial charge in [-0.25, -0.2) is 4.79 Å². The molecule has 8 nitrogen and oxygen atoms in total. The molecule has 0 spiro atoms. The van der Waals surface area contributed by atoms with Crippen LogP contribution in [0.2, 0.25) is 0 Å². The number of halogens is 1. The molecule has 0 aliphatic carbocycles. The van der Waals surface area contributed by atoms with Gasteiger partial charge in [0.15, 0.2) is 0 Å². The van der Waals surface area contributed by atoms with Crippen LogP contribution in [-0.4, -0.2) is 41.4 Å². The fourth-order valence-corrected chi connectivity index (χ4v) is 3.15. The molecule has 1 aliphatic heterocycles. The zero-order valence-corrected chi connectivity index (χ0v) is 16.3. The first-order valence-corrected chi connectivity index (χ1v) is 8.92. The van der Waals surface area contributed by atoms with E-state index in [1.807, 2.05) is 12.3 Å². The zero-order chi connectivity index (χ0) is 19.1. The van der Waals surface area contributed by atoms with Crippen LogP contribution in [0.4, 0.5) is 16.2 Å². The Labute approximate surface area is 170 Å². The van der Waals surface area contributed by atoms with Crippen molar-refractivity contribution in [3.05, 3.63) is 55.4 Å². The van der Waals surface area contributed by atoms with Crippen molar-refractivity contribution in [3.63, 3.8) is 0 Å². The van der Waals surface area contributed by atoms with Crippen LogP contribution in [-0.2, 0) is 10.3 Å². The van der Waals surface area contributed by atoms with E-state index in [0.29, 0.717) is 30.8 Å². The number of benzene rings is 1. The van der Waals surface area contributed by atoms with Crippen LogP contribution >= 0.6 is 12.4 Å².